The van der Waals surface area contributed by atoms with Crippen molar-refractivity contribution < 1.29 is 4.79 Å². The van der Waals surface area contributed by atoms with Crippen molar-refractivity contribution >= 4 is 39.8 Å². The van der Waals surface area contributed by atoms with Gasteiger partial charge in [0.15, 0.2) is 0 Å². The van der Waals surface area contributed by atoms with Crippen LogP contribution in [0.3, 0.4) is 0 Å². The standard InChI is InChI=1S/C19H17IN2OS/c1-12-7-3-4-8-14(12)19-22-13(2)17(24-19)11-21-18(23)15-9-5-6-10-16(15)20/h3-10H,11H2,1-2H3,(H,21,23). The van der Waals surface area contributed by atoms with Gasteiger partial charge in [0.25, 0.3) is 5.91 Å². The van der Waals surface area contributed by atoms with Crippen LogP contribution in [0, 0.1) is 17.4 Å². The minimum Gasteiger partial charge on any atom is -0.347 e. The van der Waals surface area contributed by atoms with Gasteiger partial charge in [-0.25, -0.2) is 4.98 Å². The fraction of sp³-hybridized carbons (Fsp3) is 0.158. The molecule has 0 aliphatic heterocycles. The average molecular weight is 448 g/mol. The zero-order valence-electron chi connectivity index (χ0n) is 13.5. The topological polar surface area (TPSA) is 42.0 Å². The first-order valence-corrected chi connectivity index (χ1v) is 9.51. The van der Waals surface area contributed by atoms with Crippen LogP contribution >= 0.6 is 33.9 Å². The number of carbonyl (C=O) groups excluding carboxylic acids is 1. The molecule has 0 unspecified atom stereocenters. The van der Waals surface area contributed by atoms with Gasteiger partial charge in [0.1, 0.15) is 5.01 Å². The SMILES string of the molecule is Cc1ccccc1-c1nc(C)c(CNC(=O)c2ccccc2I)s1. The van der Waals surface area contributed by atoms with E-state index in [-0.39, 0.29) is 5.91 Å². The van der Waals surface area contributed by atoms with Gasteiger partial charge in [-0.3, -0.25) is 4.79 Å². The van der Waals surface area contributed by atoms with E-state index in [4.69, 9.17) is 0 Å². The summed E-state index contributed by atoms with van der Waals surface area (Å²) in [5.41, 5.74) is 4.04. The van der Waals surface area contributed by atoms with E-state index in [0.717, 1.165) is 24.7 Å². The molecule has 122 valence electrons. The number of thiazole rings is 1. The van der Waals surface area contributed by atoms with E-state index in [1.165, 1.54) is 5.56 Å². The highest BCUT2D eigenvalue weighted by atomic mass is 127. The van der Waals surface area contributed by atoms with Crippen molar-refractivity contribution in [1.29, 1.82) is 0 Å². The summed E-state index contributed by atoms with van der Waals surface area (Å²) in [7, 11) is 0. The van der Waals surface area contributed by atoms with Gasteiger partial charge in [0, 0.05) is 14.0 Å². The van der Waals surface area contributed by atoms with Crippen molar-refractivity contribution in [3.63, 3.8) is 0 Å². The largest absolute Gasteiger partial charge is 0.347 e. The lowest BCUT2D eigenvalue weighted by molar-refractivity contribution is 0.0950. The lowest BCUT2D eigenvalue weighted by Crippen LogP contribution is -2.23. The molecule has 0 aliphatic carbocycles. The molecule has 0 saturated heterocycles. The quantitative estimate of drug-likeness (QED) is 0.574. The van der Waals surface area contributed by atoms with Crippen LogP contribution in [0.1, 0.15) is 26.5 Å². The number of aromatic nitrogens is 1. The van der Waals surface area contributed by atoms with Crippen molar-refractivity contribution in [2.45, 2.75) is 20.4 Å². The Bertz CT molecular complexity index is 889. The molecular weight excluding hydrogens is 431 g/mol. The van der Waals surface area contributed by atoms with Gasteiger partial charge in [-0.05, 0) is 54.1 Å². The molecule has 24 heavy (non-hydrogen) atoms. The maximum atomic E-state index is 12.3. The van der Waals surface area contributed by atoms with E-state index >= 15 is 0 Å². The number of benzene rings is 2. The minimum atomic E-state index is -0.0507. The molecule has 3 nitrogen and oxygen atoms in total. The van der Waals surface area contributed by atoms with Gasteiger partial charge in [-0.1, -0.05) is 36.4 Å². The second kappa shape index (κ2) is 7.44. The van der Waals surface area contributed by atoms with E-state index in [9.17, 15) is 4.79 Å². The van der Waals surface area contributed by atoms with Crippen LogP contribution in [0.2, 0.25) is 0 Å². The van der Waals surface area contributed by atoms with Gasteiger partial charge in [-0.2, -0.15) is 0 Å². The summed E-state index contributed by atoms with van der Waals surface area (Å²) in [6.07, 6.45) is 0. The second-order valence-corrected chi connectivity index (χ2v) is 7.75. The molecule has 1 N–H and O–H groups in total. The van der Waals surface area contributed by atoms with Crippen LogP contribution in [0.15, 0.2) is 48.5 Å². The molecule has 0 fully saturated rings. The van der Waals surface area contributed by atoms with Crippen LogP contribution in [-0.2, 0) is 6.54 Å². The highest BCUT2D eigenvalue weighted by Gasteiger charge is 2.13. The van der Waals surface area contributed by atoms with Crippen LogP contribution in [0.5, 0.6) is 0 Å². The molecule has 1 aromatic heterocycles. The van der Waals surface area contributed by atoms with Crippen molar-refractivity contribution in [2.24, 2.45) is 0 Å². The molecule has 2 aromatic carbocycles. The third-order valence-electron chi connectivity index (χ3n) is 3.80. The highest BCUT2D eigenvalue weighted by molar-refractivity contribution is 14.1. The van der Waals surface area contributed by atoms with E-state index < -0.39 is 0 Å². The van der Waals surface area contributed by atoms with Gasteiger partial charge < -0.3 is 5.32 Å². The smallest absolute Gasteiger partial charge is 0.252 e. The first-order valence-electron chi connectivity index (χ1n) is 7.61. The van der Waals surface area contributed by atoms with Crippen LogP contribution < -0.4 is 5.32 Å². The van der Waals surface area contributed by atoms with Crippen molar-refractivity contribution in [2.75, 3.05) is 0 Å². The highest BCUT2D eigenvalue weighted by Crippen LogP contribution is 2.30. The first kappa shape index (κ1) is 17.1. The number of rotatable bonds is 4. The van der Waals surface area contributed by atoms with Crippen molar-refractivity contribution in [1.82, 2.24) is 10.3 Å². The van der Waals surface area contributed by atoms with Crippen LogP contribution in [0.25, 0.3) is 10.6 Å². The summed E-state index contributed by atoms with van der Waals surface area (Å²) in [6, 6.07) is 15.8. The zero-order chi connectivity index (χ0) is 17.1. The summed E-state index contributed by atoms with van der Waals surface area (Å²) in [5.74, 6) is -0.0507. The third-order valence-corrected chi connectivity index (χ3v) is 5.93. The fourth-order valence-corrected chi connectivity index (χ4v) is 4.15. The molecule has 3 rings (SSSR count). The number of carbonyl (C=O) groups is 1. The monoisotopic (exact) mass is 448 g/mol. The Morgan fingerprint density at radius 1 is 1.12 bits per heavy atom. The predicted molar refractivity (Wildman–Crippen MR) is 107 cm³/mol. The summed E-state index contributed by atoms with van der Waals surface area (Å²) >= 11 is 3.82. The molecule has 5 heteroatoms. The molecule has 0 spiro atoms. The number of amides is 1. The van der Waals surface area contributed by atoms with Crippen molar-refractivity contribution in [3.8, 4) is 10.6 Å². The van der Waals surface area contributed by atoms with Crippen molar-refractivity contribution in [3.05, 3.63) is 73.8 Å². The number of nitrogens with one attached hydrogen (secondary N) is 1. The van der Waals surface area contributed by atoms with E-state index in [1.54, 1.807) is 11.3 Å². The summed E-state index contributed by atoms with van der Waals surface area (Å²) in [4.78, 5) is 18.1. The number of hydrogen-bond donors (Lipinski definition) is 1. The van der Waals surface area contributed by atoms with Gasteiger partial charge in [-0.15, -0.1) is 11.3 Å². The Balaban J connectivity index is 1.76. The third kappa shape index (κ3) is 3.67. The molecule has 0 bridgehead atoms. The summed E-state index contributed by atoms with van der Waals surface area (Å²) in [5, 5.41) is 4.01. The Hall–Kier alpha value is -1.73. The minimum absolute atomic E-state index is 0.0507. The van der Waals surface area contributed by atoms with Gasteiger partial charge in [0.05, 0.1) is 17.8 Å². The molecule has 1 amide bonds. The fourth-order valence-electron chi connectivity index (χ4n) is 2.42. The maximum Gasteiger partial charge on any atom is 0.252 e. The molecule has 0 radical (unpaired) electrons. The van der Waals surface area contributed by atoms with Gasteiger partial charge >= 0.3 is 0 Å². The number of hydrogen-bond acceptors (Lipinski definition) is 3. The van der Waals surface area contributed by atoms with E-state index in [2.05, 4.69) is 51.9 Å². The van der Waals surface area contributed by atoms with Crippen LogP contribution in [-0.4, -0.2) is 10.9 Å². The second-order valence-electron chi connectivity index (χ2n) is 5.51. The molecule has 0 saturated carbocycles. The average Bonchev–Trinajstić information content (AvgIpc) is 2.94. The summed E-state index contributed by atoms with van der Waals surface area (Å²) in [6.45, 7) is 4.58. The predicted octanol–water partition coefficient (Wildman–Crippen LogP) is 4.96. The zero-order valence-corrected chi connectivity index (χ0v) is 16.4. The molecule has 3 aromatic rings. The van der Waals surface area contributed by atoms with Crippen LogP contribution in [0.4, 0.5) is 0 Å². The number of nitrogens with zero attached hydrogens (tertiary/aromatic N) is 1. The Kier molecular flexibility index (Phi) is 5.30. The Morgan fingerprint density at radius 3 is 2.58 bits per heavy atom. The maximum absolute atomic E-state index is 12.3. The van der Waals surface area contributed by atoms with E-state index in [1.807, 2.05) is 43.3 Å². The first-order chi connectivity index (χ1) is 11.6. The molecule has 0 aliphatic rings. The lowest BCUT2D eigenvalue weighted by atomic mass is 10.1. The Morgan fingerprint density at radius 2 is 1.83 bits per heavy atom. The molecule has 0 atom stereocenters. The number of aryl methyl sites for hydroxylation is 2. The van der Waals surface area contributed by atoms with E-state index in [0.29, 0.717) is 12.1 Å². The Labute approximate surface area is 159 Å². The number of halogens is 1. The molecular formula is C19H17IN2OS. The molecule has 1 heterocycles. The lowest BCUT2D eigenvalue weighted by Gasteiger charge is -2.06. The normalized spacial score (nSPS) is 10.6. The summed E-state index contributed by atoms with van der Waals surface area (Å²) < 4.78 is 0.953. The van der Waals surface area contributed by atoms with Gasteiger partial charge in [0.2, 0.25) is 0 Å².